The molecule has 16 heavy (non-hydrogen) atoms. The first-order valence-electron chi connectivity index (χ1n) is 4.86. The average Bonchev–Trinajstić information content (AvgIpc) is 2.21. The van der Waals surface area contributed by atoms with E-state index in [4.69, 9.17) is 27.9 Å². The molecule has 0 unspecified atom stereocenters. The van der Waals surface area contributed by atoms with Gasteiger partial charge in [0.2, 0.25) is 5.91 Å². The van der Waals surface area contributed by atoms with Crippen molar-refractivity contribution >= 4 is 34.8 Å². The first kappa shape index (κ1) is 13.3. The number of nitrogens with one attached hydrogen (secondary N) is 1. The molecule has 0 aromatic heterocycles. The normalized spacial score (nSPS) is 10.6. The second kappa shape index (κ2) is 6.09. The minimum Gasteiger partial charge on any atom is -0.369 e. The van der Waals surface area contributed by atoms with E-state index >= 15 is 0 Å². The predicted molar refractivity (Wildman–Crippen MR) is 66.2 cm³/mol. The summed E-state index contributed by atoms with van der Waals surface area (Å²) in [7, 11) is 0. The summed E-state index contributed by atoms with van der Waals surface area (Å²) in [4.78, 5) is 11.5. The zero-order valence-corrected chi connectivity index (χ0v) is 10.6. The number of carbonyl (C=O) groups is 1. The van der Waals surface area contributed by atoms with Gasteiger partial charge in [0.25, 0.3) is 0 Å². The summed E-state index contributed by atoms with van der Waals surface area (Å²) in [5.74, 6) is -0.274. The zero-order valence-electron chi connectivity index (χ0n) is 9.09. The highest BCUT2D eigenvalue weighted by molar-refractivity contribution is 6.39. The second-order valence-corrected chi connectivity index (χ2v) is 4.32. The fraction of sp³-hybridized carbons (Fsp3) is 0.364. The SMILES string of the molecule is CC(C)OCC(=O)Nc1c(Cl)cccc1Cl. The lowest BCUT2D eigenvalue weighted by Crippen LogP contribution is -2.21. The van der Waals surface area contributed by atoms with Gasteiger partial charge >= 0.3 is 0 Å². The molecule has 0 heterocycles. The molecule has 0 aliphatic carbocycles. The van der Waals surface area contributed by atoms with Gasteiger partial charge in [-0.1, -0.05) is 29.3 Å². The molecule has 1 rings (SSSR count). The van der Waals surface area contributed by atoms with Crippen molar-refractivity contribution in [3.05, 3.63) is 28.2 Å². The van der Waals surface area contributed by atoms with Crippen LogP contribution in [0.3, 0.4) is 0 Å². The minimum absolute atomic E-state index is 0.00691. The molecule has 1 aromatic carbocycles. The van der Waals surface area contributed by atoms with Crippen LogP contribution in [0.15, 0.2) is 18.2 Å². The van der Waals surface area contributed by atoms with E-state index in [1.165, 1.54) is 0 Å². The standard InChI is InChI=1S/C11H13Cl2NO2/c1-7(2)16-6-10(15)14-11-8(12)4-3-5-9(11)13/h3-5,7H,6H2,1-2H3,(H,14,15). The number of hydrogen-bond acceptors (Lipinski definition) is 2. The van der Waals surface area contributed by atoms with E-state index < -0.39 is 0 Å². The van der Waals surface area contributed by atoms with Crippen molar-refractivity contribution in [3.63, 3.8) is 0 Å². The van der Waals surface area contributed by atoms with Crippen molar-refractivity contribution in [2.75, 3.05) is 11.9 Å². The first-order valence-corrected chi connectivity index (χ1v) is 5.61. The van der Waals surface area contributed by atoms with E-state index in [9.17, 15) is 4.79 Å². The monoisotopic (exact) mass is 261 g/mol. The molecule has 5 heteroatoms. The molecule has 0 aliphatic rings. The Hall–Kier alpha value is -0.770. The first-order chi connectivity index (χ1) is 7.50. The van der Waals surface area contributed by atoms with E-state index in [-0.39, 0.29) is 18.6 Å². The van der Waals surface area contributed by atoms with Crippen molar-refractivity contribution in [1.82, 2.24) is 0 Å². The number of rotatable bonds is 4. The number of amides is 1. The van der Waals surface area contributed by atoms with Gasteiger partial charge in [-0.05, 0) is 26.0 Å². The lowest BCUT2D eigenvalue weighted by atomic mass is 10.3. The molecule has 0 atom stereocenters. The van der Waals surface area contributed by atoms with Gasteiger partial charge in [-0.15, -0.1) is 0 Å². The van der Waals surface area contributed by atoms with Crippen LogP contribution in [0.5, 0.6) is 0 Å². The molecule has 0 radical (unpaired) electrons. The van der Waals surface area contributed by atoms with E-state index in [2.05, 4.69) is 5.32 Å². The molecule has 0 aliphatic heterocycles. The topological polar surface area (TPSA) is 38.3 Å². The largest absolute Gasteiger partial charge is 0.369 e. The van der Waals surface area contributed by atoms with Crippen LogP contribution < -0.4 is 5.32 Å². The Balaban J connectivity index is 2.63. The quantitative estimate of drug-likeness (QED) is 0.903. The van der Waals surface area contributed by atoms with Crippen LogP contribution in [0.2, 0.25) is 10.0 Å². The molecule has 0 fully saturated rings. The Morgan fingerprint density at radius 1 is 1.38 bits per heavy atom. The van der Waals surface area contributed by atoms with Gasteiger partial charge in [-0.2, -0.15) is 0 Å². The van der Waals surface area contributed by atoms with E-state index in [0.29, 0.717) is 15.7 Å². The summed E-state index contributed by atoms with van der Waals surface area (Å²) in [5.41, 5.74) is 0.420. The van der Waals surface area contributed by atoms with Gasteiger partial charge < -0.3 is 10.1 Å². The number of ether oxygens (including phenoxy) is 1. The Morgan fingerprint density at radius 2 is 1.94 bits per heavy atom. The fourth-order valence-electron chi connectivity index (χ4n) is 1.04. The lowest BCUT2D eigenvalue weighted by molar-refractivity contribution is -0.121. The van der Waals surface area contributed by atoms with E-state index in [0.717, 1.165) is 0 Å². The molecule has 1 N–H and O–H groups in total. The zero-order chi connectivity index (χ0) is 12.1. The Bertz CT molecular complexity index is 360. The number of hydrogen-bond donors (Lipinski definition) is 1. The Kier molecular flexibility index (Phi) is 5.06. The highest BCUT2D eigenvalue weighted by atomic mass is 35.5. The Labute approximate surface area is 105 Å². The van der Waals surface area contributed by atoms with Crippen molar-refractivity contribution in [2.45, 2.75) is 20.0 Å². The van der Waals surface area contributed by atoms with Crippen molar-refractivity contribution in [3.8, 4) is 0 Å². The molecule has 88 valence electrons. The summed E-state index contributed by atoms with van der Waals surface area (Å²) in [6.07, 6.45) is 0.00691. The molecule has 1 aromatic rings. The third-order valence-corrected chi connectivity index (χ3v) is 2.40. The number of benzene rings is 1. The maximum Gasteiger partial charge on any atom is 0.250 e. The molecule has 0 saturated heterocycles. The summed E-state index contributed by atoms with van der Waals surface area (Å²) < 4.78 is 5.16. The van der Waals surface area contributed by atoms with Crippen LogP contribution in [0.4, 0.5) is 5.69 Å². The summed E-state index contributed by atoms with van der Waals surface area (Å²) in [6.45, 7) is 3.70. The van der Waals surface area contributed by atoms with Crippen LogP contribution in [0.25, 0.3) is 0 Å². The van der Waals surface area contributed by atoms with Gasteiger partial charge in [0, 0.05) is 0 Å². The number of anilines is 1. The van der Waals surface area contributed by atoms with Gasteiger partial charge in [0.1, 0.15) is 6.61 Å². The average molecular weight is 262 g/mol. The molecule has 0 bridgehead atoms. The highest BCUT2D eigenvalue weighted by Gasteiger charge is 2.09. The highest BCUT2D eigenvalue weighted by Crippen LogP contribution is 2.29. The maximum absolute atomic E-state index is 11.5. The number of carbonyl (C=O) groups excluding carboxylic acids is 1. The van der Waals surface area contributed by atoms with Crippen molar-refractivity contribution in [1.29, 1.82) is 0 Å². The molecular weight excluding hydrogens is 249 g/mol. The van der Waals surface area contributed by atoms with E-state index in [1.54, 1.807) is 18.2 Å². The minimum atomic E-state index is -0.274. The van der Waals surface area contributed by atoms with Crippen LogP contribution in [0.1, 0.15) is 13.8 Å². The third-order valence-electron chi connectivity index (χ3n) is 1.77. The van der Waals surface area contributed by atoms with Crippen LogP contribution >= 0.6 is 23.2 Å². The second-order valence-electron chi connectivity index (χ2n) is 3.50. The van der Waals surface area contributed by atoms with Crippen molar-refractivity contribution in [2.24, 2.45) is 0 Å². The predicted octanol–water partition coefficient (Wildman–Crippen LogP) is 3.36. The van der Waals surface area contributed by atoms with Crippen LogP contribution in [0, 0.1) is 0 Å². The molecular formula is C11H13Cl2NO2. The van der Waals surface area contributed by atoms with Gasteiger partial charge in [-0.25, -0.2) is 0 Å². The summed E-state index contributed by atoms with van der Waals surface area (Å²) >= 11 is 11.8. The molecule has 3 nitrogen and oxygen atoms in total. The van der Waals surface area contributed by atoms with Gasteiger partial charge in [0.05, 0.1) is 21.8 Å². The smallest absolute Gasteiger partial charge is 0.250 e. The number of halogens is 2. The number of para-hydroxylation sites is 1. The van der Waals surface area contributed by atoms with Gasteiger partial charge in [-0.3, -0.25) is 4.79 Å². The summed E-state index contributed by atoms with van der Waals surface area (Å²) in [6, 6.07) is 5.03. The van der Waals surface area contributed by atoms with Crippen molar-refractivity contribution < 1.29 is 9.53 Å². The molecule has 0 spiro atoms. The van der Waals surface area contributed by atoms with Crippen LogP contribution in [-0.4, -0.2) is 18.6 Å². The fourth-order valence-corrected chi connectivity index (χ4v) is 1.53. The molecule has 0 saturated carbocycles. The maximum atomic E-state index is 11.5. The molecule has 1 amide bonds. The third kappa shape index (κ3) is 4.00. The van der Waals surface area contributed by atoms with Crippen LogP contribution in [-0.2, 0) is 9.53 Å². The van der Waals surface area contributed by atoms with Gasteiger partial charge in [0.15, 0.2) is 0 Å². The summed E-state index contributed by atoms with van der Waals surface area (Å²) in [5, 5.41) is 3.42. The lowest BCUT2D eigenvalue weighted by Gasteiger charge is -2.10. The Morgan fingerprint density at radius 3 is 2.44 bits per heavy atom. The van der Waals surface area contributed by atoms with E-state index in [1.807, 2.05) is 13.8 Å².